The van der Waals surface area contributed by atoms with E-state index >= 15 is 0 Å². The summed E-state index contributed by atoms with van der Waals surface area (Å²) in [6.45, 7) is 4.79. The first-order chi connectivity index (χ1) is 59.6. The first-order valence-electron chi connectivity index (χ1n) is 40.5. The van der Waals surface area contributed by atoms with Gasteiger partial charge in [0, 0.05) is 56.3 Å². The smallest absolute Gasteiger partial charge is 0.421 e. The van der Waals surface area contributed by atoms with Gasteiger partial charge >= 0.3 is 44.8 Å². The molecule has 8 nitrogen and oxygen atoms in total. The van der Waals surface area contributed by atoms with Crippen molar-refractivity contribution in [2.75, 3.05) is 9.80 Å². The molecule has 0 saturated carbocycles. The van der Waals surface area contributed by atoms with Crippen LogP contribution in [0.15, 0.2) is 325 Å². The average molecular weight is 2250 g/mol. The first kappa shape index (κ1) is 82.7. The molecule has 0 N–H and O–H groups in total. The summed E-state index contributed by atoms with van der Waals surface area (Å²) in [4.78, 5) is 20.4. The zero-order chi connectivity index (χ0) is 80.7. The molecular weight excluding hydrogens is 2180 g/mol. The van der Waals surface area contributed by atoms with Gasteiger partial charge in [0.15, 0.2) is 5.13 Å². The second kappa shape index (κ2) is 35.2. The van der Waals surface area contributed by atoms with Crippen LogP contribution in [-0.2, 0) is 105 Å². The van der Waals surface area contributed by atoms with Crippen molar-refractivity contribution in [3.63, 3.8) is 0 Å². The number of thiazole rings is 1. The van der Waals surface area contributed by atoms with Gasteiger partial charge in [0.1, 0.15) is 24.4 Å². The summed E-state index contributed by atoms with van der Waals surface area (Å²) in [5.41, 5.74) is 23.7. The van der Waals surface area contributed by atoms with E-state index in [0.29, 0.717) is 0 Å². The van der Waals surface area contributed by atoms with Crippen molar-refractivity contribution < 1.29 is 67.1 Å². The SMILES string of the molecule is CC(C)(c1[c-]c(N2c3ccccc3CCc3ccc(-c4cccc5ccc[c-]c45)nc32)ccc1)[Si](c1ccccc1)c1ccccc1.Cn1c[c-]c(-c2csc3cc4c5ccccc5n(-c5cccc(-c6csc7sc[c-]c67)n5)c4[c-]c23)c1.[Au+3].[Au+3].[Au].[c-]1cccc2c1-c1[c-]c(N(c3ccccc3)c3nc4c(-n5[c-]c6ccccc6c5)csc4s3)ccc1CC2. The van der Waals surface area contributed by atoms with Crippen LogP contribution in [0.4, 0.5) is 33.7 Å². The predicted octanol–water partition coefficient (Wildman–Crippen LogP) is 26.9. The molecule has 17 heteroatoms. The van der Waals surface area contributed by atoms with Crippen molar-refractivity contribution in [3.05, 3.63) is 402 Å². The number of fused-ring (bicyclic) bond motifs is 13. The van der Waals surface area contributed by atoms with Gasteiger partial charge in [0.2, 0.25) is 0 Å². The maximum atomic E-state index is 5.46. The molecule has 0 bridgehead atoms. The third-order valence-corrected chi connectivity index (χ3v) is 31.7. The van der Waals surface area contributed by atoms with Crippen molar-refractivity contribution >= 4 is 182 Å². The topological polar surface area (TPSA) is 59.9 Å². The van der Waals surface area contributed by atoms with Crippen molar-refractivity contribution in [2.24, 2.45) is 7.05 Å². The van der Waals surface area contributed by atoms with E-state index in [1.54, 1.807) is 56.7 Å². The summed E-state index contributed by atoms with van der Waals surface area (Å²) in [5, 5.41) is 21.4. The molecule has 22 aromatic rings. The largest absolute Gasteiger partial charge is 3.00 e. The third-order valence-electron chi connectivity index (χ3n) is 23.3. The van der Waals surface area contributed by atoms with Crippen LogP contribution in [0.5, 0.6) is 0 Å². The van der Waals surface area contributed by atoms with Gasteiger partial charge in [-0.15, -0.1) is 105 Å². The fraction of sp³-hybridized carbons (Fsp3) is 0.0748. The van der Waals surface area contributed by atoms with Crippen molar-refractivity contribution in [1.82, 2.24) is 28.7 Å². The molecule has 124 heavy (non-hydrogen) atoms. The fourth-order valence-electron chi connectivity index (χ4n) is 17.4. The van der Waals surface area contributed by atoms with Crippen LogP contribution >= 0.6 is 56.7 Å². The van der Waals surface area contributed by atoms with Crippen LogP contribution in [0.1, 0.15) is 41.7 Å². The molecule has 1 aliphatic carbocycles. The summed E-state index contributed by atoms with van der Waals surface area (Å²) in [6.07, 6.45) is 13.7. The van der Waals surface area contributed by atoms with E-state index in [-0.39, 0.29) is 72.2 Å². The Hall–Kier alpha value is -10.9. The van der Waals surface area contributed by atoms with Gasteiger partial charge < -0.3 is 23.5 Å². The summed E-state index contributed by atoms with van der Waals surface area (Å²) >= 11 is 8.71. The van der Waals surface area contributed by atoms with Crippen LogP contribution in [-0.4, -0.2) is 37.4 Å². The van der Waals surface area contributed by atoms with Crippen LogP contribution in [0, 0.1) is 48.7 Å². The van der Waals surface area contributed by atoms with Crippen molar-refractivity contribution in [2.45, 2.75) is 44.6 Å². The Kier molecular flexibility index (Phi) is 23.5. The second-order valence-corrected chi connectivity index (χ2v) is 39.2. The number of thiophene rings is 4. The minimum absolute atomic E-state index is 0. The van der Waals surface area contributed by atoms with Gasteiger partial charge in [-0.1, -0.05) is 279 Å². The maximum absolute atomic E-state index is 5.46. The number of anilines is 6. The van der Waals surface area contributed by atoms with Crippen LogP contribution in [0.3, 0.4) is 0 Å². The molecule has 12 aromatic carbocycles. The van der Waals surface area contributed by atoms with E-state index in [1.165, 1.54) is 89.3 Å². The zero-order valence-electron chi connectivity index (χ0n) is 67.0. The number of benzene rings is 12. The van der Waals surface area contributed by atoms with Crippen LogP contribution in [0.25, 0.3) is 129 Å². The molecule has 0 atom stereocenters. The maximum Gasteiger partial charge on any atom is 3.00 e. The normalized spacial score (nSPS) is 12.2. The summed E-state index contributed by atoms with van der Waals surface area (Å²) < 4.78 is 10.1. The average Bonchev–Trinajstić information content (AvgIpc) is 1.60. The first-order valence-corrected chi connectivity index (χ1v) is 46.3. The Morgan fingerprint density at radius 3 is 2.00 bits per heavy atom. The summed E-state index contributed by atoms with van der Waals surface area (Å²) in [5.74, 6) is 1.87. The van der Waals surface area contributed by atoms with Crippen molar-refractivity contribution in [1.29, 1.82) is 0 Å². The second-order valence-electron chi connectivity index (χ2n) is 31.0. The Balaban J connectivity index is 0.000000122. The Morgan fingerprint density at radius 1 is 0.484 bits per heavy atom. The Labute approximate surface area is 788 Å². The minimum atomic E-state index is -1.23. The monoisotopic (exact) mass is 2250 g/mol. The molecule has 0 amide bonds. The van der Waals surface area contributed by atoms with Crippen LogP contribution in [0.2, 0.25) is 0 Å². The standard InChI is InChI=1S/C44H35N2Si.C33H20N3S2.C30H16N3S3.3Au/c1-44(2,47(37-20-5-3-6-21-37)38-22-7-4-8-23-38)35-18-14-19-36(31-35)46-42-26-12-10-16-33(42)27-28-34-29-30-41(45-43(34)46)40-25-13-17-32-15-9-11-24-39(32)40;1-2-11-26(12-3-1)36(27-17-16-23-15-14-22-8-6-7-13-28(22)29(23)18-27)33-34-31-30(21-37-32(31)38-33)35-19-24-9-4-5-10-25(24)20-35;1-32-11-9-18(15-32)23-16-35-28-14-21-19-5-2-3-7-26(19)33(27(21)13-22(23)28)29-8-4-6-25(31-29)24-17-36-30-20(24)10-12-34-30;;;/h3-23,25-26,29-30H,27-28H2,1-2H3;1-12,16-17,19,21H,14-15H2;2-8,11-12,14-17H,1H3;;;/q-2;2*-3;;2*+3. The molecule has 0 spiro atoms. The molecule has 2 aliphatic rings. The van der Waals surface area contributed by atoms with E-state index in [2.05, 4.69) is 377 Å². The minimum Gasteiger partial charge on any atom is -0.421 e. The molecule has 0 saturated heterocycles. The van der Waals surface area contributed by atoms with Gasteiger partial charge in [-0.3, -0.25) is 0 Å². The zero-order valence-corrected chi connectivity index (χ0v) is 78.6. The number of hydrogen-bond acceptors (Lipinski definition) is 10. The number of hydrogen-bond donors (Lipinski definition) is 0. The molecule has 1 aliphatic heterocycles. The van der Waals surface area contributed by atoms with Gasteiger partial charge in [-0.05, 0) is 111 Å². The van der Waals surface area contributed by atoms with Gasteiger partial charge in [0.25, 0.3) is 0 Å². The molecule has 24 rings (SSSR count). The Morgan fingerprint density at radius 2 is 1.17 bits per heavy atom. The van der Waals surface area contributed by atoms with E-state index in [4.69, 9.17) is 15.0 Å². The molecule has 608 valence electrons. The van der Waals surface area contributed by atoms with E-state index in [0.717, 1.165) is 137 Å². The number of aryl methyl sites for hydroxylation is 5. The molecule has 0 unspecified atom stereocenters. The number of pyridine rings is 2. The molecule has 10 aromatic heterocycles. The quantitative estimate of drug-likeness (QED) is 0.0850. The predicted molar refractivity (Wildman–Crippen MR) is 510 cm³/mol. The summed E-state index contributed by atoms with van der Waals surface area (Å²) in [7, 11) is 0.796. The fourth-order valence-corrected chi connectivity index (χ4v) is 25.6. The number of rotatable bonds is 13. The van der Waals surface area contributed by atoms with E-state index < -0.39 is 8.80 Å². The molecule has 11 heterocycles. The number of para-hydroxylation sites is 3. The number of nitrogens with zero attached hydrogens (tertiary/aromatic N) is 8. The summed E-state index contributed by atoms with van der Waals surface area (Å²) in [6, 6.07) is 127. The van der Waals surface area contributed by atoms with Gasteiger partial charge in [0.05, 0.1) is 5.52 Å². The van der Waals surface area contributed by atoms with Crippen molar-refractivity contribution in [3.8, 4) is 56.3 Å². The van der Waals surface area contributed by atoms with E-state index in [9.17, 15) is 0 Å². The van der Waals surface area contributed by atoms with E-state index in [1.807, 2.05) is 41.4 Å². The van der Waals surface area contributed by atoms with Gasteiger partial charge in [-0.2, -0.15) is 82.2 Å². The molecular formula is C107H71Au3N8S5Si-2. The van der Waals surface area contributed by atoms with Gasteiger partial charge in [-0.25, -0.2) is 60.1 Å². The molecule has 0 fully saturated rings. The number of aromatic nitrogens is 6. The van der Waals surface area contributed by atoms with Crippen LogP contribution < -0.4 is 20.2 Å². The molecule has 2 radical (unpaired) electrons. The Bertz CT molecular complexity index is 7590. The third kappa shape index (κ3) is 15.4.